The molecule has 6 heteroatoms. The van der Waals surface area contributed by atoms with Crippen molar-refractivity contribution in [3.63, 3.8) is 0 Å². The first-order chi connectivity index (χ1) is 15.7. The van der Waals surface area contributed by atoms with Gasteiger partial charge in [-0.3, -0.25) is 9.69 Å². The van der Waals surface area contributed by atoms with Gasteiger partial charge in [-0.25, -0.2) is 0 Å². The molecule has 1 amide bonds. The highest BCUT2D eigenvalue weighted by Gasteiger charge is 2.13. The van der Waals surface area contributed by atoms with Crippen LogP contribution in [0.4, 0.5) is 5.69 Å². The van der Waals surface area contributed by atoms with E-state index in [1.54, 1.807) is 0 Å². The van der Waals surface area contributed by atoms with Crippen molar-refractivity contribution in [3.8, 4) is 5.75 Å². The molecule has 2 N–H and O–H groups in total. The number of carbonyl (C=O) groups is 1. The summed E-state index contributed by atoms with van der Waals surface area (Å²) in [4.78, 5) is 14.8. The number of hydrogen-bond donors (Lipinski definition) is 2. The zero-order valence-corrected chi connectivity index (χ0v) is 18.6. The zero-order chi connectivity index (χ0) is 22.2. The van der Waals surface area contributed by atoms with Gasteiger partial charge in [0.1, 0.15) is 5.75 Å². The minimum Gasteiger partial charge on any atom is -0.483 e. The van der Waals surface area contributed by atoms with E-state index in [1.807, 2.05) is 55.5 Å². The van der Waals surface area contributed by atoms with Gasteiger partial charge in [0.2, 0.25) is 0 Å². The number of hydrogen-bond acceptors (Lipinski definition) is 5. The topological polar surface area (TPSA) is 62.8 Å². The van der Waals surface area contributed by atoms with Gasteiger partial charge in [-0.1, -0.05) is 48.0 Å². The molecule has 1 aliphatic rings. The van der Waals surface area contributed by atoms with Crippen LogP contribution in [0.5, 0.6) is 5.75 Å². The second kappa shape index (κ2) is 11.1. The van der Waals surface area contributed by atoms with Crippen molar-refractivity contribution >= 4 is 22.4 Å². The summed E-state index contributed by atoms with van der Waals surface area (Å²) >= 11 is 0. The number of carbonyl (C=O) groups excluding carboxylic acids is 1. The number of fused-ring (bicyclic) bond motifs is 1. The van der Waals surface area contributed by atoms with Crippen molar-refractivity contribution in [1.82, 2.24) is 10.2 Å². The molecule has 3 aromatic rings. The van der Waals surface area contributed by atoms with Gasteiger partial charge in [-0.15, -0.1) is 0 Å². The van der Waals surface area contributed by atoms with Crippen LogP contribution in [0.3, 0.4) is 0 Å². The number of rotatable bonds is 9. The lowest BCUT2D eigenvalue weighted by atomic mass is 10.0. The molecule has 0 spiro atoms. The van der Waals surface area contributed by atoms with Crippen molar-refractivity contribution < 1.29 is 14.3 Å². The van der Waals surface area contributed by atoms with E-state index in [2.05, 4.69) is 27.7 Å². The Labute approximate surface area is 189 Å². The summed E-state index contributed by atoms with van der Waals surface area (Å²) < 4.78 is 11.4. The molecule has 32 heavy (non-hydrogen) atoms. The van der Waals surface area contributed by atoms with Gasteiger partial charge in [0.15, 0.2) is 6.61 Å². The SMILES string of the molecule is Cc1ccc(NC(=O)COc2ccc3ccccc3c2CNCCN2CCOCC2)cc1. The molecule has 1 fully saturated rings. The molecule has 1 heterocycles. The van der Waals surface area contributed by atoms with Gasteiger partial charge < -0.3 is 20.1 Å². The predicted molar refractivity (Wildman–Crippen MR) is 128 cm³/mol. The molecular formula is C26H31N3O3. The van der Waals surface area contributed by atoms with Gasteiger partial charge in [-0.2, -0.15) is 0 Å². The molecule has 0 unspecified atom stereocenters. The molecule has 0 bridgehead atoms. The van der Waals surface area contributed by atoms with Crippen LogP contribution in [0.1, 0.15) is 11.1 Å². The standard InChI is InChI=1S/C26H31N3O3/c1-20-6-9-22(10-7-20)28-26(30)19-32-25-11-8-21-4-2-3-5-23(21)24(25)18-27-12-13-29-14-16-31-17-15-29/h2-11,27H,12-19H2,1H3,(H,28,30). The second-order valence-corrected chi connectivity index (χ2v) is 8.10. The van der Waals surface area contributed by atoms with Crippen molar-refractivity contribution in [2.75, 3.05) is 51.3 Å². The maximum Gasteiger partial charge on any atom is 0.262 e. The number of nitrogens with one attached hydrogen (secondary N) is 2. The molecule has 0 atom stereocenters. The molecule has 0 aromatic heterocycles. The van der Waals surface area contributed by atoms with Crippen LogP contribution in [0.15, 0.2) is 60.7 Å². The average molecular weight is 434 g/mol. The molecule has 0 aliphatic carbocycles. The lowest BCUT2D eigenvalue weighted by Gasteiger charge is -2.26. The summed E-state index contributed by atoms with van der Waals surface area (Å²) in [5, 5.41) is 8.74. The molecule has 1 aliphatic heterocycles. The van der Waals surface area contributed by atoms with Crippen LogP contribution in [0, 0.1) is 6.92 Å². The maximum atomic E-state index is 12.4. The van der Waals surface area contributed by atoms with Crippen molar-refractivity contribution in [1.29, 1.82) is 0 Å². The van der Waals surface area contributed by atoms with Crippen LogP contribution in [0.2, 0.25) is 0 Å². The Morgan fingerprint density at radius 3 is 2.62 bits per heavy atom. The van der Waals surface area contributed by atoms with Crippen molar-refractivity contribution in [2.24, 2.45) is 0 Å². The maximum absolute atomic E-state index is 12.4. The van der Waals surface area contributed by atoms with E-state index in [0.717, 1.165) is 72.7 Å². The van der Waals surface area contributed by atoms with Crippen molar-refractivity contribution in [2.45, 2.75) is 13.5 Å². The van der Waals surface area contributed by atoms with Gasteiger partial charge in [0.05, 0.1) is 13.2 Å². The molecule has 0 radical (unpaired) electrons. The Morgan fingerprint density at radius 2 is 1.81 bits per heavy atom. The first kappa shape index (κ1) is 22.3. The summed E-state index contributed by atoms with van der Waals surface area (Å²) in [7, 11) is 0. The molecule has 6 nitrogen and oxygen atoms in total. The minimum absolute atomic E-state index is 0.0347. The number of ether oxygens (including phenoxy) is 2. The number of aryl methyl sites for hydroxylation is 1. The third kappa shape index (κ3) is 6.07. The molecule has 3 aromatic carbocycles. The summed E-state index contributed by atoms with van der Waals surface area (Å²) in [5.41, 5.74) is 3.00. The first-order valence-electron chi connectivity index (χ1n) is 11.2. The fraction of sp³-hybridized carbons (Fsp3) is 0.346. The molecule has 1 saturated heterocycles. The van der Waals surface area contributed by atoms with Gasteiger partial charge in [-0.05, 0) is 35.9 Å². The van der Waals surface area contributed by atoms with Gasteiger partial charge >= 0.3 is 0 Å². The summed E-state index contributed by atoms with van der Waals surface area (Å²) in [6.45, 7) is 8.14. The highest BCUT2D eigenvalue weighted by atomic mass is 16.5. The summed E-state index contributed by atoms with van der Waals surface area (Å²) in [6.07, 6.45) is 0. The minimum atomic E-state index is -0.173. The Kier molecular flexibility index (Phi) is 7.72. The Balaban J connectivity index is 1.38. The van der Waals surface area contributed by atoms with E-state index >= 15 is 0 Å². The van der Waals surface area contributed by atoms with E-state index in [4.69, 9.17) is 9.47 Å². The Hall–Kier alpha value is -2.93. The zero-order valence-electron chi connectivity index (χ0n) is 18.6. The quantitative estimate of drug-likeness (QED) is 0.505. The highest BCUT2D eigenvalue weighted by molar-refractivity contribution is 5.92. The number of nitrogens with zero attached hydrogens (tertiary/aromatic N) is 1. The average Bonchev–Trinajstić information content (AvgIpc) is 2.83. The van der Waals surface area contributed by atoms with Crippen LogP contribution >= 0.6 is 0 Å². The fourth-order valence-corrected chi connectivity index (χ4v) is 3.89. The van der Waals surface area contributed by atoms with Crippen LogP contribution in [0.25, 0.3) is 10.8 Å². The van der Waals surface area contributed by atoms with E-state index in [1.165, 1.54) is 0 Å². The van der Waals surface area contributed by atoms with Crippen LogP contribution < -0.4 is 15.4 Å². The lowest BCUT2D eigenvalue weighted by molar-refractivity contribution is -0.118. The lowest BCUT2D eigenvalue weighted by Crippen LogP contribution is -2.40. The van der Waals surface area contributed by atoms with E-state index in [9.17, 15) is 4.79 Å². The van der Waals surface area contributed by atoms with E-state index in [-0.39, 0.29) is 12.5 Å². The van der Waals surface area contributed by atoms with E-state index < -0.39 is 0 Å². The normalized spacial score (nSPS) is 14.4. The molecule has 4 rings (SSSR count). The third-order valence-corrected chi connectivity index (χ3v) is 5.70. The number of anilines is 1. The largest absolute Gasteiger partial charge is 0.483 e. The highest BCUT2D eigenvalue weighted by Crippen LogP contribution is 2.28. The van der Waals surface area contributed by atoms with Gasteiger partial charge in [0.25, 0.3) is 5.91 Å². The molecule has 168 valence electrons. The fourth-order valence-electron chi connectivity index (χ4n) is 3.89. The number of amides is 1. The van der Waals surface area contributed by atoms with Crippen LogP contribution in [-0.2, 0) is 16.1 Å². The summed E-state index contributed by atoms with van der Waals surface area (Å²) in [6, 6.07) is 20.0. The smallest absolute Gasteiger partial charge is 0.262 e. The molecule has 0 saturated carbocycles. The third-order valence-electron chi connectivity index (χ3n) is 5.70. The van der Waals surface area contributed by atoms with Crippen molar-refractivity contribution in [3.05, 3.63) is 71.8 Å². The van der Waals surface area contributed by atoms with Crippen LogP contribution in [-0.4, -0.2) is 56.8 Å². The van der Waals surface area contributed by atoms with E-state index in [0.29, 0.717) is 6.54 Å². The molecular weight excluding hydrogens is 402 g/mol. The number of benzene rings is 3. The Morgan fingerprint density at radius 1 is 1.03 bits per heavy atom. The summed E-state index contributed by atoms with van der Waals surface area (Å²) in [5.74, 6) is 0.565. The second-order valence-electron chi connectivity index (χ2n) is 8.10. The Bertz CT molecular complexity index is 1030. The van der Waals surface area contributed by atoms with Gasteiger partial charge in [0, 0.05) is 44.0 Å². The monoisotopic (exact) mass is 433 g/mol. The first-order valence-corrected chi connectivity index (χ1v) is 11.2. The predicted octanol–water partition coefficient (Wildman–Crippen LogP) is 3.59. The number of morpholine rings is 1.